The van der Waals surface area contributed by atoms with Gasteiger partial charge in [0.05, 0.1) is 0 Å². The molecule has 68 valence electrons. The molecule has 0 radical (unpaired) electrons. The molecule has 0 saturated carbocycles. The van der Waals surface area contributed by atoms with Crippen LogP contribution in [0.1, 0.15) is 13.3 Å². The average Bonchev–Trinajstić information content (AvgIpc) is 2.18. The first-order valence-corrected chi connectivity index (χ1v) is 5.17. The van der Waals surface area contributed by atoms with Crippen molar-refractivity contribution in [1.29, 1.82) is 0 Å². The lowest BCUT2D eigenvalue weighted by molar-refractivity contribution is 0.759. The standard InChI is InChI=1S/C12H13Cl/c1-9-6-7-10-4-2-3-5-11(10)12(9)8-13/h2-6,10H,7-8H2,1H3. The van der Waals surface area contributed by atoms with Gasteiger partial charge in [-0.05, 0) is 24.5 Å². The third kappa shape index (κ3) is 1.51. The van der Waals surface area contributed by atoms with E-state index in [2.05, 4.69) is 37.3 Å². The zero-order valence-electron chi connectivity index (χ0n) is 7.76. The van der Waals surface area contributed by atoms with Crippen LogP contribution in [0.3, 0.4) is 0 Å². The smallest absolute Gasteiger partial charge is 0.0479 e. The van der Waals surface area contributed by atoms with Crippen molar-refractivity contribution in [3.8, 4) is 0 Å². The second-order valence-electron chi connectivity index (χ2n) is 3.54. The number of halogens is 1. The molecule has 0 amide bonds. The van der Waals surface area contributed by atoms with Crippen molar-refractivity contribution in [1.82, 2.24) is 0 Å². The number of hydrogen-bond acceptors (Lipinski definition) is 0. The van der Waals surface area contributed by atoms with E-state index in [1.165, 1.54) is 16.7 Å². The molecular formula is C12H13Cl. The Balaban J connectivity index is 2.44. The fraction of sp³-hybridized carbons (Fsp3) is 0.333. The van der Waals surface area contributed by atoms with Crippen molar-refractivity contribution in [2.45, 2.75) is 13.3 Å². The molecule has 1 unspecified atom stereocenters. The summed E-state index contributed by atoms with van der Waals surface area (Å²) in [6, 6.07) is 0. The van der Waals surface area contributed by atoms with Crippen molar-refractivity contribution in [2.24, 2.45) is 5.92 Å². The van der Waals surface area contributed by atoms with Gasteiger partial charge in [-0.1, -0.05) is 36.0 Å². The second-order valence-corrected chi connectivity index (χ2v) is 3.81. The summed E-state index contributed by atoms with van der Waals surface area (Å²) < 4.78 is 0. The fourth-order valence-corrected chi connectivity index (χ4v) is 2.32. The van der Waals surface area contributed by atoms with Gasteiger partial charge in [-0.15, -0.1) is 11.6 Å². The third-order valence-electron chi connectivity index (χ3n) is 2.77. The largest absolute Gasteiger partial charge is 0.122 e. The quantitative estimate of drug-likeness (QED) is 0.557. The van der Waals surface area contributed by atoms with Crippen LogP contribution in [0.4, 0.5) is 0 Å². The predicted octanol–water partition coefficient (Wildman–Crippen LogP) is 3.61. The van der Waals surface area contributed by atoms with Crippen LogP contribution in [0.15, 0.2) is 47.1 Å². The highest BCUT2D eigenvalue weighted by Gasteiger charge is 2.19. The maximum Gasteiger partial charge on any atom is 0.0479 e. The maximum atomic E-state index is 5.94. The summed E-state index contributed by atoms with van der Waals surface area (Å²) in [5, 5.41) is 0. The van der Waals surface area contributed by atoms with Gasteiger partial charge < -0.3 is 0 Å². The number of fused-ring (bicyclic) bond motifs is 1. The second kappa shape index (κ2) is 3.55. The molecule has 2 aliphatic carbocycles. The van der Waals surface area contributed by atoms with E-state index in [0.29, 0.717) is 11.8 Å². The number of hydrogen-bond donors (Lipinski definition) is 0. The minimum Gasteiger partial charge on any atom is -0.122 e. The zero-order chi connectivity index (χ0) is 9.26. The van der Waals surface area contributed by atoms with E-state index in [4.69, 9.17) is 11.6 Å². The molecule has 0 aromatic heterocycles. The van der Waals surface area contributed by atoms with E-state index < -0.39 is 0 Å². The Hall–Kier alpha value is -0.750. The third-order valence-corrected chi connectivity index (χ3v) is 3.03. The van der Waals surface area contributed by atoms with Crippen molar-refractivity contribution >= 4 is 11.6 Å². The number of allylic oxidation sites excluding steroid dienone is 8. The first-order chi connectivity index (χ1) is 6.33. The SMILES string of the molecule is CC1=CCC2C=CC=CC2=C1CCl. The Morgan fingerprint density at radius 3 is 3.08 bits per heavy atom. The Morgan fingerprint density at radius 2 is 2.31 bits per heavy atom. The molecular weight excluding hydrogens is 180 g/mol. The monoisotopic (exact) mass is 192 g/mol. The summed E-state index contributed by atoms with van der Waals surface area (Å²) >= 11 is 5.94. The Morgan fingerprint density at radius 1 is 1.46 bits per heavy atom. The van der Waals surface area contributed by atoms with Crippen LogP contribution in [0.2, 0.25) is 0 Å². The van der Waals surface area contributed by atoms with Crippen LogP contribution in [0, 0.1) is 5.92 Å². The summed E-state index contributed by atoms with van der Waals surface area (Å²) in [5.41, 5.74) is 4.08. The number of alkyl halides is 1. The van der Waals surface area contributed by atoms with Crippen LogP contribution >= 0.6 is 11.6 Å². The Bertz CT molecular complexity index is 329. The molecule has 13 heavy (non-hydrogen) atoms. The first-order valence-electron chi connectivity index (χ1n) is 4.64. The lowest BCUT2D eigenvalue weighted by Gasteiger charge is -2.24. The van der Waals surface area contributed by atoms with Crippen LogP contribution in [0.25, 0.3) is 0 Å². The van der Waals surface area contributed by atoms with Gasteiger partial charge in [0.2, 0.25) is 0 Å². The molecule has 0 spiro atoms. The van der Waals surface area contributed by atoms with Gasteiger partial charge in [-0.3, -0.25) is 0 Å². The molecule has 0 aliphatic heterocycles. The molecule has 2 rings (SSSR count). The molecule has 0 aromatic rings. The van der Waals surface area contributed by atoms with Crippen LogP contribution in [-0.2, 0) is 0 Å². The van der Waals surface area contributed by atoms with Crippen molar-refractivity contribution in [3.05, 3.63) is 47.1 Å². The van der Waals surface area contributed by atoms with Crippen molar-refractivity contribution < 1.29 is 0 Å². The minimum absolute atomic E-state index is 0.572. The summed E-state index contributed by atoms with van der Waals surface area (Å²) in [7, 11) is 0. The predicted molar refractivity (Wildman–Crippen MR) is 57.9 cm³/mol. The zero-order valence-corrected chi connectivity index (χ0v) is 8.51. The van der Waals surface area contributed by atoms with Gasteiger partial charge in [0.25, 0.3) is 0 Å². The van der Waals surface area contributed by atoms with E-state index in [9.17, 15) is 0 Å². The van der Waals surface area contributed by atoms with E-state index in [1.54, 1.807) is 0 Å². The molecule has 0 aromatic carbocycles. The normalized spacial score (nSPS) is 26.0. The van der Waals surface area contributed by atoms with Gasteiger partial charge in [0, 0.05) is 11.8 Å². The Kier molecular flexibility index (Phi) is 2.41. The van der Waals surface area contributed by atoms with Crippen LogP contribution in [-0.4, -0.2) is 5.88 Å². The van der Waals surface area contributed by atoms with Crippen molar-refractivity contribution in [3.63, 3.8) is 0 Å². The lowest BCUT2D eigenvalue weighted by Crippen LogP contribution is -2.10. The highest BCUT2D eigenvalue weighted by molar-refractivity contribution is 6.20. The topological polar surface area (TPSA) is 0 Å². The summed E-state index contributed by atoms with van der Waals surface area (Å²) in [4.78, 5) is 0. The Labute approximate surface area is 84.3 Å². The van der Waals surface area contributed by atoms with E-state index in [1.807, 2.05) is 0 Å². The van der Waals surface area contributed by atoms with E-state index in [-0.39, 0.29) is 0 Å². The van der Waals surface area contributed by atoms with Gasteiger partial charge >= 0.3 is 0 Å². The highest BCUT2D eigenvalue weighted by atomic mass is 35.5. The van der Waals surface area contributed by atoms with E-state index in [0.717, 1.165) is 6.42 Å². The molecule has 2 aliphatic rings. The molecule has 1 atom stereocenters. The van der Waals surface area contributed by atoms with Crippen LogP contribution < -0.4 is 0 Å². The minimum atomic E-state index is 0.572. The van der Waals surface area contributed by atoms with Crippen LogP contribution in [0.5, 0.6) is 0 Å². The van der Waals surface area contributed by atoms with Gasteiger partial charge in [-0.2, -0.15) is 0 Å². The summed E-state index contributed by atoms with van der Waals surface area (Å²) in [6.07, 6.45) is 12.1. The van der Waals surface area contributed by atoms with E-state index >= 15 is 0 Å². The first kappa shape index (κ1) is 8.83. The molecule has 1 heteroatoms. The highest BCUT2D eigenvalue weighted by Crippen LogP contribution is 2.33. The molecule has 0 bridgehead atoms. The fourth-order valence-electron chi connectivity index (χ4n) is 1.95. The average molecular weight is 193 g/mol. The maximum absolute atomic E-state index is 5.94. The molecule has 0 heterocycles. The number of rotatable bonds is 1. The molecule has 0 fully saturated rings. The summed E-state index contributed by atoms with van der Waals surface area (Å²) in [5.74, 6) is 1.20. The van der Waals surface area contributed by atoms with Gasteiger partial charge in [0.1, 0.15) is 0 Å². The van der Waals surface area contributed by atoms with Gasteiger partial charge in [0.15, 0.2) is 0 Å². The molecule has 0 nitrogen and oxygen atoms in total. The van der Waals surface area contributed by atoms with Gasteiger partial charge in [-0.25, -0.2) is 0 Å². The van der Waals surface area contributed by atoms with Crippen molar-refractivity contribution in [2.75, 3.05) is 5.88 Å². The lowest BCUT2D eigenvalue weighted by atomic mass is 9.82. The molecule has 0 saturated heterocycles. The molecule has 0 N–H and O–H groups in total. The summed E-state index contributed by atoms with van der Waals surface area (Å²) in [6.45, 7) is 2.15.